The van der Waals surface area contributed by atoms with Crippen LogP contribution in [0, 0.1) is 0 Å². The molecule has 1 N–H and O–H groups in total. The van der Waals surface area contributed by atoms with E-state index >= 15 is 0 Å². The first-order valence-corrected chi connectivity index (χ1v) is 5.59. The number of quaternary nitrogens is 1. The van der Waals surface area contributed by atoms with Gasteiger partial charge in [0.1, 0.15) is 12.6 Å². The maximum absolute atomic E-state index is 10.0. The molecule has 0 aromatic carbocycles. The van der Waals surface area contributed by atoms with Crippen molar-refractivity contribution in [2.24, 2.45) is 0 Å². The molecular formula is C9H20BrNO3. The lowest BCUT2D eigenvalue weighted by Gasteiger charge is -2.26. The average Bonchev–Trinajstić information content (AvgIpc) is 1.80. The Morgan fingerprint density at radius 3 is 2.07 bits per heavy atom. The van der Waals surface area contributed by atoms with Gasteiger partial charge in [-0.1, -0.05) is 22.9 Å². The zero-order chi connectivity index (χ0) is 11.8. The van der Waals surface area contributed by atoms with Crippen molar-refractivity contribution in [3.05, 3.63) is 0 Å². The molecular weight excluding hydrogens is 250 g/mol. The number of hydrogen-bond acceptors (Lipinski definition) is 3. The first-order chi connectivity index (χ1) is 6.22. The number of likely N-dealkylation sites (N-methyl/N-ethyl adjacent to an activating group) is 1. The van der Waals surface area contributed by atoms with Crippen LogP contribution in [0.5, 0.6) is 0 Å². The van der Waals surface area contributed by atoms with Crippen LogP contribution in [0.25, 0.3) is 0 Å². The Morgan fingerprint density at radius 1 is 1.50 bits per heavy atom. The molecule has 1 atom stereocenters. The summed E-state index contributed by atoms with van der Waals surface area (Å²) in [6.07, 6.45) is -1.09. The highest BCUT2D eigenvalue weighted by Gasteiger charge is 2.14. The monoisotopic (exact) mass is 269 g/mol. The summed E-state index contributed by atoms with van der Waals surface area (Å²) in [5, 5.41) is 20.2. The second-order valence-electron chi connectivity index (χ2n) is 3.97. The third kappa shape index (κ3) is 17.8. The molecule has 0 saturated carbocycles. The van der Waals surface area contributed by atoms with E-state index in [9.17, 15) is 9.90 Å². The summed E-state index contributed by atoms with van der Waals surface area (Å²) in [6.45, 7) is 2.47. The summed E-state index contributed by atoms with van der Waals surface area (Å²) >= 11 is 3.15. The van der Waals surface area contributed by atoms with Gasteiger partial charge in [0.2, 0.25) is 0 Å². The molecule has 0 aliphatic carbocycles. The van der Waals surface area contributed by atoms with Crippen LogP contribution in [0.1, 0.15) is 13.3 Å². The number of aliphatic hydroxyl groups is 1. The van der Waals surface area contributed by atoms with Crippen LogP contribution in [0.4, 0.5) is 0 Å². The van der Waals surface area contributed by atoms with Gasteiger partial charge in [-0.05, 0) is 0 Å². The number of carboxylic acids is 1. The van der Waals surface area contributed by atoms with E-state index in [1.54, 1.807) is 0 Å². The molecule has 14 heavy (non-hydrogen) atoms. The average molecular weight is 270 g/mol. The minimum absolute atomic E-state index is 0.282. The number of halogens is 1. The van der Waals surface area contributed by atoms with Crippen LogP contribution in [-0.4, -0.2) is 54.7 Å². The smallest absolute Gasteiger partial charge is 0.108 e. The summed E-state index contributed by atoms with van der Waals surface area (Å²) in [5.74, 6) is -1.20. The van der Waals surface area contributed by atoms with Crippen LogP contribution in [0.15, 0.2) is 0 Å². The van der Waals surface area contributed by atoms with Gasteiger partial charge in [-0.2, -0.15) is 0 Å². The molecule has 86 valence electrons. The highest BCUT2D eigenvalue weighted by Crippen LogP contribution is 1.97. The number of carbonyl (C=O) groups is 1. The second kappa shape index (κ2) is 8.20. The van der Waals surface area contributed by atoms with Crippen LogP contribution < -0.4 is 5.11 Å². The van der Waals surface area contributed by atoms with Crippen molar-refractivity contribution in [3.63, 3.8) is 0 Å². The van der Waals surface area contributed by atoms with Gasteiger partial charge in [0.15, 0.2) is 0 Å². The van der Waals surface area contributed by atoms with Crippen molar-refractivity contribution in [2.75, 3.05) is 33.0 Å². The molecule has 0 aromatic rings. The van der Waals surface area contributed by atoms with Gasteiger partial charge in [0.25, 0.3) is 0 Å². The Kier molecular flexibility index (Phi) is 9.55. The van der Waals surface area contributed by atoms with E-state index in [4.69, 9.17) is 5.11 Å². The van der Waals surface area contributed by atoms with Crippen molar-refractivity contribution in [1.29, 1.82) is 0 Å². The van der Waals surface area contributed by atoms with E-state index in [2.05, 4.69) is 15.9 Å². The standard InChI is InChI=1S/C7H15NO3.C2H5Br/c1-8(2,3)5-6(9)4-7(10)11;1-2-3/h6,9H,4-5H2,1-3H3;2H2,1H3. The number of alkyl halides is 1. The van der Waals surface area contributed by atoms with Gasteiger partial charge in [-0.15, -0.1) is 0 Å². The molecule has 0 radical (unpaired) electrons. The summed E-state index contributed by atoms with van der Waals surface area (Å²) < 4.78 is 0.550. The molecule has 0 amide bonds. The highest BCUT2D eigenvalue weighted by atomic mass is 79.9. The lowest BCUT2D eigenvalue weighted by Crippen LogP contribution is -2.43. The normalized spacial score (nSPS) is 12.7. The molecule has 0 saturated heterocycles. The number of hydrogen-bond donors (Lipinski definition) is 1. The molecule has 0 heterocycles. The van der Waals surface area contributed by atoms with Gasteiger partial charge >= 0.3 is 0 Å². The van der Waals surface area contributed by atoms with E-state index in [0.29, 0.717) is 11.0 Å². The second-order valence-corrected chi connectivity index (χ2v) is 5.09. The summed E-state index contributed by atoms with van der Waals surface area (Å²) in [5.41, 5.74) is 0. The van der Waals surface area contributed by atoms with Crippen LogP contribution in [0.3, 0.4) is 0 Å². The number of rotatable bonds is 4. The third-order valence-corrected chi connectivity index (χ3v) is 1.16. The van der Waals surface area contributed by atoms with Crippen molar-refractivity contribution >= 4 is 21.9 Å². The predicted molar refractivity (Wildman–Crippen MR) is 58.0 cm³/mol. The minimum atomic E-state index is -1.20. The molecule has 0 fully saturated rings. The lowest BCUT2D eigenvalue weighted by molar-refractivity contribution is -0.873. The Hall–Kier alpha value is -0.130. The number of carbonyl (C=O) groups excluding carboxylic acids is 1. The third-order valence-electron chi connectivity index (χ3n) is 1.16. The predicted octanol–water partition coefficient (Wildman–Crippen LogP) is -0.405. The highest BCUT2D eigenvalue weighted by molar-refractivity contribution is 9.09. The molecule has 0 rings (SSSR count). The van der Waals surface area contributed by atoms with Gasteiger partial charge in [0.05, 0.1) is 21.1 Å². The maximum Gasteiger partial charge on any atom is 0.108 e. The molecule has 0 aliphatic heterocycles. The summed E-state index contributed by atoms with van der Waals surface area (Å²) in [4.78, 5) is 10.0. The Labute approximate surface area is 94.3 Å². The molecule has 1 unspecified atom stereocenters. The van der Waals surface area contributed by atoms with Crippen LogP contribution in [0.2, 0.25) is 0 Å². The molecule has 0 aliphatic rings. The lowest BCUT2D eigenvalue weighted by atomic mass is 10.2. The van der Waals surface area contributed by atoms with E-state index < -0.39 is 12.1 Å². The number of aliphatic hydroxyl groups excluding tert-OH is 1. The van der Waals surface area contributed by atoms with E-state index in [0.717, 1.165) is 5.33 Å². The molecule has 5 heteroatoms. The SMILES string of the molecule is CCBr.C[N+](C)(C)CC(O)CC(=O)[O-]. The first-order valence-electron chi connectivity index (χ1n) is 4.47. The van der Waals surface area contributed by atoms with E-state index in [-0.39, 0.29) is 6.42 Å². The topological polar surface area (TPSA) is 60.4 Å². The fourth-order valence-corrected chi connectivity index (χ4v) is 0.889. The van der Waals surface area contributed by atoms with Crippen molar-refractivity contribution in [3.8, 4) is 0 Å². The fourth-order valence-electron chi connectivity index (χ4n) is 0.889. The van der Waals surface area contributed by atoms with Gasteiger partial charge in [0, 0.05) is 17.7 Å². The zero-order valence-electron chi connectivity index (χ0n) is 9.29. The fraction of sp³-hybridized carbons (Fsp3) is 0.889. The molecule has 0 aromatic heterocycles. The maximum atomic E-state index is 10.0. The van der Waals surface area contributed by atoms with E-state index in [1.807, 2.05) is 28.1 Å². The summed E-state index contributed by atoms with van der Waals surface area (Å²) in [7, 11) is 5.66. The minimum Gasteiger partial charge on any atom is -0.550 e. The van der Waals surface area contributed by atoms with Gasteiger partial charge < -0.3 is 19.5 Å². The number of aliphatic carboxylic acids is 1. The Balaban J connectivity index is 0. The van der Waals surface area contributed by atoms with E-state index in [1.165, 1.54) is 0 Å². The largest absolute Gasteiger partial charge is 0.550 e. The van der Waals surface area contributed by atoms with Crippen molar-refractivity contribution < 1.29 is 19.5 Å². The van der Waals surface area contributed by atoms with Crippen LogP contribution >= 0.6 is 15.9 Å². The summed E-state index contributed by atoms with van der Waals surface area (Å²) in [6, 6.07) is 0. The Bertz CT molecular complexity index is 157. The van der Waals surface area contributed by atoms with Crippen molar-refractivity contribution in [1.82, 2.24) is 0 Å². The molecule has 0 bridgehead atoms. The quantitative estimate of drug-likeness (QED) is 0.558. The Morgan fingerprint density at radius 2 is 1.86 bits per heavy atom. The van der Waals surface area contributed by atoms with Crippen LogP contribution in [-0.2, 0) is 4.79 Å². The van der Waals surface area contributed by atoms with Gasteiger partial charge in [-0.3, -0.25) is 0 Å². The molecule has 0 spiro atoms. The van der Waals surface area contributed by atoms with Crippen molar-refractivity contribution in [2.45, 2.75) is 19.4 Å². The first kappa shape index (κ1) is 16.3. The molecule has 4 nitrogen and oxygen atoms in total. The van der Waals surface area contributed by atoms with Gasteiger partial charge in [-0.25, -0.2) is 0 Å². The number of nitrogens with zero attached hydrogens (tertiary/aromatic N) is 1. The zero-order valence-corrected chi connectivity index (χ0v) is 10.9. The number of carboxylic acid groups (broad SMARTS) is 1.